The highest BCUT2D eigenvalue weighted by Gasteiger charge is 2.28. The third-order valence-corrected chi connectivity index (χ3v) is 2.78. The highest BCUT2D eigenvalue weighted by molar-refractivity contribution is 6.04. The molecule has 1 aromatic carbocycles. The van der Waals surface area contributed by atoms with Crippen LogP contribution in [0.2, 0.25) is 0 Å². The Labute approximate surface area is 137 Å². The van der Waals surface area contributed by atoms with E-state index in [1.165, 1.54) is 0 Å². The molecular formula is C14H9F4N3O4. The first-order chi connectivity index (χ1) is 11.7. The topological polar surface area (TPSA) is 94.4 Å². The smallest absolute Gasteiger partial charge is 0.422 e. The van der Waals surface area contributed by atoms with Crippen LogP contribution in [-0.4, -0.2) is 28.6 Å². The number of pyridine rings is 1. The van der Waals surface area contributed by atoms with Gasteiger partial charge >= 0.3 is 11.9 Å². The molecule has 0 aliphatic heterocycles. The number of carbonyl (C=O) groups excluding carboxylic acids is 1. The van der Waals surface area contributed by atoms with Crippen molar-refractivity contribution in [2.45, 2.75) is 6.18 Å². The van der Waals surface area contributed by atoms with Gasteiger partial charge in [-0.25, -0.2) is 4.98 Å². The van der Waals surface area contributed by atoms with Crippen LogP contribution < -0.4 is 10.1 Å². The van der Waals surface area contributed by atoms with E-state index in [2.05, 4.69) is 15.0 Å². The predicted molar refractivity (Wildman–Crippen MR) is 76.8 cm³/mol. The van der Waals surface area contributed by atoms with Gasteiger partial charge in [-0.05, 0) is 18.2 Å². The quantitative estimate of drug-likeness (QED) is 0.502. The summed E-state index contributed by atoms with van der Waals surface area (Å²) in [6.07, 6.45) is -3.55. The van der Waals surface area contributed by atoms with Crippen LogP contribution in [0.3, 0.4) is 0 Å². The van der Waals surface area contributed by atoms with Crippen LogP contribution in [0.1, 0.15) is 10.4 Å². The van der Waals surface area contributed by atoms with E-state index in [1.807, 2.05) is 0 Å². The third kappa shape index (κ3) is 5.12. The lowest BCUT2D eigenvalue weighted by Crippen LogP contribution is -2.19. The van der Waals surface area contributed by atoms with Crippen LogP contribution in [0.25, 0.3) is 0 Å². The number of halogens is 4. The van der Waals surface area contributed by atoms with E-state index in [1.54, 1.807) is 0 Å². The fourth-order valence-electron chi connectivity index (χ4n) is 1.69. The lowest BCUT2D eigenvalue weighted by atomic mass is 10.2. The Morgan fingerprint density at radius 3 is 2.56 bits per heavy atom. The molecule has 0 radical (unpaired) electrons. The van der Waals surface area contributed by atoms with E-state index in [4.69, 9.17) is 0 Å². The second-order valence-electron chi connectivity index (χ2n) is 4.67. The number of benzene rings is 1. The van der Waals surface area contributed by atoms with E-state index >= 15 is 0 Å². The Kier molecular flexibility index (Phi) is 5.15. The van der Waals surface area contributed by atoms with E-state index < -0.39 is 35.1 Å². The van der Waals surface area contributed by atoms with Gasteiger partial charge in [0.1, 0.15) is 0 Å². The maximum absolute atomic E-state index is 13.2. The minimum atomic E-state index is -4.52. The van der Waals surface area contributed by atoms with Crippen molar-refractivity contribution in [1.82, 2.24) is 4.98 Å². The summed E-state index contributed by atoms with van der Waals surface area (Å²) in [7, 11) is 0. The van der Waals surface area contributed by atoms with Crippen molar-refractivity contribution in [3.05, 3.63) is 58.0 Å². The summed E-state index contributed by atoms with van der Waals surface area (Å²) in [6, 6.07) is 5.00. The minimum Gasteiger partial charge on any atom is -0.468 e. The molecule has 0 spiro atoms. The number of anilines is 1. The van der Waals surface area contributed by atoms with Gasteiger partial charge in [0.25, 0.3) is 5.91 Å². The summed E-state index contributed by atoms with van der Waals surface area (Å²) in [5, 5.41) is 12.9. The highest BCUT2D eigenvalue weighted by atomic mass is 19.4. The molecule has 11 heteroatoms. The number of alkyl halides is 3. The molecule has 1 aromatic heterocycles. The molecule has 0 saturated heterocycles. The summed E-state index contributed by atoms with van der Waals surface area (Å²) < 4.78 is 53.7. The SMILES string of the molecule is O=C(Nc1ccc(F)c([N+](=O)[O-])c1)c1ccc(OCC(F)(F)F)nc1. The number of ether oxygens (including phenoxy) is 1. The number of amides is 1. The van der Waals surface area contributed by atoms with Gasteiger partial charge in [-0.2, -0.15) is 17.6 Å². The maximum atomic E-state index is 13.2. The van der Waals surface area contributed by atoms with Gasteiger partial charge in [-0.3, -0.25) is 14.9 Å². The van der Waals surface area contributed by atoms with Crippen molar-refractivity contribution in [3.63, 3.8) is 0 Å². The lowest BCUT2D eigenvalue weighted by Gasteiger charge is -2.09. The van der Waals surface area contributed by atoms with Gasteiger partial charge in [-0.15, -0.1) is 0 Å². The Morgan fingerprint density at radius 2 is 2.00 bits per heavy atom. The van der Waals surface area contributed by atoms with Crippen LogP contribution in [0.5, 0.6) is 5.88 Å². The van der Waals surface area contributed by atoms with E-state index in [9.17, 15) is 32.5 Å². The van der Waals surface area contributed by atoms with Crippen LogP contribution in [0.15, 0.2) is 36.5 Å². The third-order valence-electron chi connectivity index (χ3n) is 2.78. The number of carbonyl (C=O) groups is 1. The summed E-state index contributed by atoms with van der Waals surface area (Å²) in [4.78, 5) is 25.2. The Balaban J connectivity index is 2.06. The number of hydrogen-bond donors (Lipinski definition) is 1. The van der Waals surface area contributed by atoms with Crippen molar-refractivity contribution < 1.29 is 32.0 Å². The fraction of sp³-hybridized carbons (Fsp3) is 0.143. The molecule has 0 atom stereocenters. The first-order valence-electron chi connectivity index (χ1n) is 6.56. The first kappa shape index (κ1) is 18.1. The molecule has 132 valence electrons. The van der Waals surface area contributed by atoms with E-state index in [-0.39, 0.29) is 17.1 Å². The van der Waals surface area contributed by atoms with Crippen molar-refractivity contribution >= 4 is 17.3 Å². The molecule has 1 N–H and O–H groups in total. The average Bonchev–Trinajstić information content (AvgIpc) is 2.54. The molecule has 0 fully saturated rings. The van der Waals surface area contributed by atoms with Gasteiger partial charge in [0.05, 0.1) is 10.5 Å². The first-order valence-corrected chi connectivity index (χ1v) is 6.56. The van der Waals surface area contributed by atoms with E-state index in [0.29, 0.717) is 0 Å². The van der Waals surface area contributed by atoms with Crippen molar-refractivity contribution in [2.24, 2.45) is 0 Å². The molecule has 7 nitrogen and oxygen atoms in total. The lowest BCUT2D eigenvalue weighted by molar-refractivity contribution is -0.387. The largest absolute Gasteiger partial charge is 0.468 e. The van der Waals surface area contributed by atoms with Gasteiger partial charge in [0.2, 0.25) is 11.7 Å². The standard InChI is InChI=1S/C14H9F4N3O4/c15-10-3-2-9(5-11(10)21(23)24)20-13(22)8-1-4-12(19-6-8)25-7-14(16,17)18/h1-6H,7H2,(H,20,22). The van der Waals surface area contributed by atoms with Crippen LogP contribution >= 0.6 is 0 Å². The normalized spacial score (nSPS) is 11.0. The zero-order valence-electron chi connectivity index (χ0n) is 12.2. The number of nitro groups is 1. The summed E-state index contributed by atoms with van der Waals surface area (Å²) in [6.45, 7) is -1.52. The summed E-state index contributed by atoms with van der Waals surface area (Å²) >= 11 is 0. The summed E-state index contributed by atoms with van der Waals surface area (Å²) in [5.41, 5.74) is -0.881. The van der Waals surface area contributed by atoms with Crippen molar-refractivity contribution in [3.8, 4) is 5.88 Å². The van der Waals surface area contributed by atoms with Crippen LogP contribution in [0, 0.1) is 15.9 Å². The van der Waals surface area contributed by atoms with Crippen LogP contribution in [0.4, 0.5) is 28.9 Å². The van der Waals surface area contributed by atoms with Gasteiger partial charge in [-0.1, -0.05) is 0 Å². The molecule has 1 amide bonds. The van der Waals surface area contributed by atoms with Gasteiger partial charge in [0, 0.05) is 24.0 Å². The molecule has 2 rings (SSSR count). The molecular weight excluding hydrogens is 350 g/mol. The molecule has 0 bridgehead atoms. The zero-order chi connectivity index (χ0) is 18.6. The fourth-order valence-corrected chi connectivity index (χ4v) is 1.69. The molecule has 25 heavy (non-hydrogen) atoms. The Morgan fingerprint density at radius 1 is 1.28 bits per heavy atom. The van der Waals surface area contributed by atoms with Crippen molar-refractivity contribution in [1.29, 1.82) is 0 Å². The molecule has 1 heterocycles. The minimum absolute atomic E-state index is 0.0319. The second kappa shape index (κ2) is 7.11. The number of rotatable bonds is 5. The van der Waals surface area contributed by atoms with Crippen molar-refractivity contribution in [2.75, 3.05) is 11.9 Å². The molecule has 0 aliphatic carbocycles. The monoisotopic (exact) mass is 359 g/mol. The zero-order valence-corrected chi connectivity index (χ0v) is 12.2. The van der Waals surface area contributed by atoms with Gasteiger partial charge in [0.15, 0.2) is 6.61 Å². The van der Waals surface area contributed by atoms with E-state index in [0.717, 1.165) is 36.5 Å². The number of nitrogens with one attached hydrogen (secondary N) is 1. The van der Waals surface area contributed by atoms with Crippen LogP contribution in [-0.2, 0) is 0 Å². The Bertz CT molecular complexity index is 794. The summed E-state index contributed by atoms with van der Waals surface area (Å²) in [5.74, 6) is -2.13. The number of nitrogens with zero attached hydrogens (tertiary/aromatic N) is 2. The second-order valence-corrected chi connectivity index (χ2v) is 4.67. The number of hydrogen-bond acceptors (Lipinski definition) is 5. The molecule has 0 aliphatic rings. The number of nitro benzene ring substituents is 1. The maximum Gasteiger partial charge on any atom is 0.422 e. The molecule has 0 unspecified atom stereocenters. The molecule has 0 saturated carbocycles. The molecule has 2 aromatic rings. The predicted octanol–water partition coefficient (Wildman–Crippen LogP) is 3.32. The van der Waals surface area contributed by atoms with Gasteiger partial charge < -0.3 is 10.1 Å². The Hall–Kier alpha value is -3.24. The average molecular weight is 359 g/mol. The highest BCUT2D eigenvalue weighted by Crippen LogP contribution is 2.22. The number of aromatic nitrogens is 1.